The summed E-state index contributed by atoms with van der Waals surface area (Å²) in [5, 5.41) is 22.5. The van der Waals surface area contributed by atoms with Gasteiger partial charge in [0.15, 0.2) is 0 Å². The predicted octanol–water partition coefficient (Wildman–Crippen LogP) is 26.9. The molecule has 6 atom stereocenters. The first-order valence-corrected chi connectivity index (χ1v) is 40.0. The number of carboxylic acid groups (broad SMARTS) is 1. The van der Waals surface area contributed by atoms with E-state index in [1.807, 2.05) is 0 Å². The van der Waals surface area contributed by atoms with E-state index in [9.17, 15) is 15.0 Å². The van der Waals surface area contributed by atoms with Gasteiger partial charge in [-0.1, -0.05) is 444 Å². The molecule has 2 aliphatic carbocycles. The van der Waals surface area contributed by atoms with Gasteiger partial charge in [-0.05, 0) is 49.4 Å². The van der Waals surface area contributed by atoms with Gasteiger partial charge in [-0.2, -0.15) is 0 Å². The Kier molecular flexibility index (Phi) is 59.6. The second kappa shape index (κ2) is 63.0. The zero-order chi connectivity index (χ0) is 59.2. The zero-order valence-corrected chi connectivity index (χ0v) is 57.4. The number of carbonyl (C=O) groups excluding carboxylic acids is 1. The third kappa shape index (κ3) is 55.2. The molecule has 494 valence electrons. The average Bonchev–Trinajstić information content (AvgIpc) is 4.56. The molecule has 83 heavy (non-hydrogen) atoms. The summed E-state index contributed by atoms with van der Waals surface area (Å²) in [4.78, 5) is 11.9. The topological polar surface area (TPSA) is 60.4 Å². The van der Waals surface area contributed by atoms with Crippen LogP contribution >= 0.6 is 0 Å². The average molecular weight is 1170 g/mol. The van der Waals surface area contributed by atoms with Crippen molar-refractivity contribution in [3.05, 3.63) is 0 Å². The number of aliphatic hydroxyl groups is 1. The first-order chi connectivity index (χ1) is 41.1. The van der Waals surface area contributed by atoms with Crippen molar-refractivity contribution < 1.29 is 15.0 Å². The van der Waals surface area contributed by atoms with Crippen LogP contribution in [0.5, 0.6) is 0 Å². The molecule has 0 saturated heterocycles. The van der Waals surface area contributed by atoms with Crippen LogP contribution in [0, 0.1) is 29.6 Å². The second-order valence-corrected chi connectivity index (χ2v) is 29.3. The van der Waals surface area contributed by atoms with Crippen molar-refractivity contribution in [2.45, 2.75) is 476 Å². The highest BCUT2D eigenvalue weighted by molar-refractivity contribution is 5.68. The van der Waals surface area contributed by atoms with Crippen LogP contribution in [-0.4, -0.2) is 17.2 Å². The molecule has 0 bridgehead atoms. The number of carbonyl (C=O) groups is 1. The predicted molar refractivity (Wildman–Crippen MR) is 368 cm³/mol. The molecular weight excluding hydrogens is 1010 g/mol. The van der Waals surface area contributed by atoms with Crippen molar-refractivity contribution in [1.29, 1.82) is 0 Å². The van der Waals surface area contributed by atoms with E-state index < -0.39 is 18.0 Å². The number of hydrogen-bond acceptors (Lipinski definition) is 3. The van der Waals surface area contributed by atoms with E-state index in [0.717, 1.165) is 49.4 Å². The minimum Gasteiger partial charge on any atom is -0.550 e. The first-order valence-electron chi connectivity index (χ1n) is 40.0. The van der Waals surface area contributed by atoms with E-state index in [2.05, 4.69) is 13.8 Å². The number of aliphatic hydroxyl groups excluding tert-OH is 1. The number of unbranched alkanes of at least 4 members (excludes halogenated alkanes) is 59. The van der Waals surface area contributed by atoms with Crippen LogP contribution < -0.4 is 5.11 Å². The lowest BCUT2D eigenvalue weighted by molar-refractivity contribution is -0.314. The van der Waals surface area contributed by atoms with E-state index in [-0.39, 0.29) is 0 Å². The minimum atomic E-state index is -1.05. The van der Waals surface area contributed by atoms with Crippen molar-refractivity contribution in [2.75, 3.05) is 0 Å². The van der Waals surface area contributed by atoms with E-state index >= 15 is 0 Å². The van der Waals surface area contributed by atoms with Crippen molar-refractivity contribution in [3.8, 4) is 0 Å². The van der Waals surface area contributed by atoms with Crippen molar-refractivity contribution in [3.63, 3.8) is 0 Å². The largest absolute Gasteiger partial charge is 0.550 e. The van der Waals surface area contributed by atoms with Gasteiger partial charge in [0, 0.05) is 11.9 Å². The third-order valence-electron chi connectivity index (χ3n) is 21.2. The van der Waals surface area contributed by atoms with Gasteiger partial charge in [0.25, 0.3) is 0 Å². The zero-order valence-electron chi connectivity index (χ0n) is 57.4. The molecule has 2 saturated carbocycles. The molecular formula is C80H155O3-. The summed E-state index contributed by atoms with van der Waals surface area (Å²) in [6.45, 7) is 4.61. The van der Waals surface area contributed by atoms with Crippen molar-refractivity contribution >= 4 is 5.97 Å². The smallest absolute Gasteiger partial charge is 0.0620 e. The molecule has 0 aromatic heterocycles. The highest BCUT2D eigenvalue weighted by atomic mass is 16.4. The molecule has 2 fully saturated rings. The standard InChI is InChI=1S/C80H156O3/c1-3-5-7-9-11-13-15-17-19-21-23-24-25-26-28-32-36-40-44-52-58-64-70-78(80(82)83)79(81)71-65-59-53-45-41-37-33-29-31-35-39-43-49-55-61-67-75-73-77(75)69-63-57-51-47-46-50-56-62-68-76-72-74(76)66-60-54-48-42-38-34-30-27-22-20-18-16-14-12-10-8-6-4-2/h74-79,81H,3-73H2,1-2H3,(H,82,83)/p-1/t74?,75?,76?,77?,78-,79-/m1/s1. The molecule has 1 N–H and O–H groups in total. The molecule has 2 rings (SSSR count). The molecule has 0 aromatic rings. The first kappa shape index (κ1) is 78.5. The normalized spacial score (nSPS) is 17.4. The van der Waals surface area contributed by atoms with Gasteiger partial charge in [-0.3, -0.25) is 0 Å². The van der Waals surface area contributed by atoms with Crippen LogP contribution in [0.1, 0.15) is 470 Å². The number of carboxylic acids is 1. The summed E-state index contributed by atoms with van der Waals surface area (Å²) in [5.74, 6) is 2.68. The maximum Gasteiger partial charge on any atom is 0.0620 e. The van der Waals surface area contributed by atoms with Gasteiger partial charge >= 0.3 is 0 Å². The molecule has 0 aromatic carbocycles. The Hall–Kier alpha value is -0.570. The van der Waals surface area contributed by atoms with Crippen LogP contribution in [0.3, 0.4) is 0 Å². The Morgan fingerprint density at radius 3 is 0.602 bits per heavy atom. The fraction of sp³-hybridized carbons (Fsp3) is 0.988. The third-order valence-corrected chi connectivity index (χ3v) is 21.2. The summed E-state index contributed by atoms with van der Waals surface area (Å²) >= 11 is 0. The number of rotatable bonds is 73. The monoisotopic (exact) mass is 1160 g/mol. The lowest BCUT2D eigenvalue weighted by atomic mass is 9.91. The Balaban J connectivity index is 1.19. The fourth-order valence-electron chi connectivity index (χ4n) is 14.9. The summed E-state index contributed by atoms with van der Waals surface area (Å²) in [6.07, 6.45) is 98.5. The van der Waals surface area contributed by atoms with Gasteiger partial charge < -0.3 is 15.0 Å². The maximum absolute atomic E-state index is 11.9. The molecule has 0 heterocycles. The molecule has 2 aliphatic rings. The molecule has 3 nitrogen and oxygen atoms in total. The second-order valence-electron chi connectivity index (χ2n) is 29.3. The molecule has 3 heteroatoms. The molecule has 0 radical (unpaired) electrons. The van der Waals surface area contributed by atoms with E-state index in [1.54, 1.807) is 25.7 Å². The highest BCUT2D eigenvalue weighted by Gasteiger charge is 2.36. The van der Waals surface area contributed by atoms with Crippen molar-refractivity contribution in [1.82, 2.24) is 0 Å². The minimum absolute atomic E-state index is 0.573. The van der Waals surface area contributed by atoms with Gasteiger partial charge in [0.05, 0.1) is 6.10 Å². The van der Waals surface area contributed by atoms with Gasteiger partial charge in [0.2, 0.25) is 0 Å². The van der Waals surface area contributed by atoms with E-state index in [0.29, 0.717) is 12.8 Å². The fourth-order valence-corrected chi connectivity index (χ4v) is 14.9. The number of aliphatic carboxylic acids is 1. The summed E-state index contributed by atoms with van der Waals surface area (Å²) in [6, 6.07) is 0. The van der Waals surface area contributed by atoms with E-state index in [4.69, 9.17) is 0 Å². The van der Waals surface area contributed by atoms with Crippen LogP contribution in [0.2, 0.25) is 0 Å². The Morgan fingerprint density at radius 1 is 0.265 bits per heavy atom. The van der Waals surface area contributed by atoms with Gasteiger partial charge in [-0.25, -0.2) is 0 Å². The molecule has 0 aliphatic heterocycles. The Morgan fingerprint density at radius 2 is 0.422 bits per heavy atom. The molecule has 4 unspecified atom stereocenters. The summed E-state index contributed by atoms with van der Waals surface area (Å²) in [5.41, 5.74) is 0. The van der Waals surface area contributed by atoms with Crippen molar-refractivity contribution in [2.24, 2.45) is 29.6 Å². The highest BCUT2D eigenvalue weighted by Crippen LogP contribution is 2.47. The van der Waals surface area contributed by atoms with Crippen LogP contribution in [-0.2, 0) is 4.79 Å². The Bertz CT molecular complexity index is 1260. The van der Waals surface area contributed by atoms with Gasteiger partial charge in [0.1, 0.15) is 0 Å². The number of hydrogen-bond donors (Lipinski definition) is 1. The lowest BCUT2D eigenvalue weighted by Crippen LogP contribution is -2.38. The lowest BCUT2D eigenvalue weighted by Gasteiger charge is -2.24. The summed E-state index contributed by atoms with van der Waals surface area (Å²) < 4.78 is 0. The van der Waals surface area contributed by atoms with E-state index in [1.165, 1.54) is 392 Å². The quantitative estimate of drug-likeness (QED) is 0.0618. The van der Waals surface area contributed by atoms with Crippen LogP contribution in [0.15, 0.2) is 0 Å². The Labute approximate surface area is 523 Å². The van der Waals surface area contributed by atoms with Gasteiger partial charge in [-0.15, -0.1) is 0 Å². The molecule has 0 amide bonds. The molecule has 0 spiro atoms. The SMILES string of the molecule is CCCCCCCCCCCCCCCCCCCCCCCC[C@@H](C(=O)[O-])[C@H](O)CCCCCCCCCCCCCCCCCC1CC1CCCCCCCCCCC1CC1CCCCCCCCCCCCCCCCCCCC. The van der Waals surface area contributed by atoms with Crippen LogP contribution in [0.25, 0.3) is 0 Å². The van der Waals surface area contributed by atoms with Crippen LogP contribution in [0.4, 0.5) is 0 Å². The maximum atomic E-state index is 11.9. The summed E-state index contributed by atoms with van der Waals surface area (Å²) in [7, 11) is 0.